The summed E-state index contributed by atoms with van der Waals surface area (Å²) in [6.07, 6.45) is 1.05. The monoisotopic (exact) mass is 295 g/mol. The van der Waals surface area contributed by atoms with Gasteiger partial charge < -0.3 is 0 Å². The van der Waals surface area contributed by atoms with Crippen molar-refractivity contribution < 1.29 is 4.39 Å². The third kappa shape index (κ3) is 1.19. The second-order valence-electron chi connectivity index (χ2n) is 2.40. The minimum Gasteiger partial charge on any atom is -0.271 e. The normalized spacial score (nSPS) is 10.9. The molecular weight excluding hydrogens is 292 g/mol. The van der Waals surface area contributed by atoms with E-state index in [4.69, 9.17) is 0 Å². The third-order valence-corrected chi connectivity index (χ3v) is 2.59. The zero-order valence-corrected chi connectivity index (χ0v) is 8.25. The molecule has 0 radical (unpaired) electrons. The zero-order valence-electron chi connectivity index (χ0n) is 6.10. The molecule has 13 heavy (non-hydrogen) atoms. The maximum Gasteiger partial charge on any atom is 0.340 e. The molecule has 0 fully saturated rings. The van der Waals surface area contributed by atoms with Gasteiger partial charge in [-0.05, 0) is 22.6 Å². The summed E-state index contributed by atoms with van der Waals surface area (Å²) in [5.41, 5.74) is -1.15. The van der Waals surface area contributed by atoms with Gasteiger partial charge in [-0.2, -0.15) is 0 Å². The van der Waals surface area contributed by atoms with Crippen molar-refractivity contribution in [2.24, 2.45) is 0 Å². The summed E-state index contributed by atoms with van der Waals surface area (Å²) in [5, 5.41) is 2.25. The van der Waals surface area contributed by atoms with Crippen LogP contribution in [0.4, 0.5) is 4.39 Å². The van der Waals surface area contributed by atoms with Crippen molar-refractivity contribution in [2.45, 2.75) is 0 Å². The van der Waals surface area contributed by atoms with Crippen LogP contribution in [0.5, 0.6) is 0 Å². The number of H-pyrrole nitrogens is 2. The zero-order chi connectivity index (χ0) is 9.59. The molecule has 0 amide bonds. The van der Waals surface area contributed by atoms with Gasteiger partial charge in [0.2, 0.25) is 0 Å². The molecule has 0 spiro atoms. The summed E-state index contributed by atoms with van der Waals surface area (Å²) in [6, 6.07) is 0. The highest BCUT2D eigenvalue weighted by Gasteiger charge is 2.11. The van der Waals surface area contributed by atoms with Crippen LogP contribution >= 0.6 is 22.6 Å². The molecule has 5 nitrogen and oxygen atoms in total. The highest BCUT2D eigenvalue weighted by atomic mass is 127. The van der Waals surface area contributed by atoms with Crippen molar-refractivity contribution in [2.75, 3.05) is 0 Å². The van der Waals surface area contributed by atoms with E-state index in [2.05, 4.69) is 5.10 Å². The van der Waals surface area contributed by atoms with Crippen LogP contribution in [0.3, 0.4) is 0 Å². The number of rotatable bonds is 0. The molecule has 0 unspecified atom stereocenters. The third-order valence-electron chi connectivity index (χ3n) is 1.57. The fourth-order valence-electron chi connectivity index (χ4n) is 1.05. The van der Waals surface area contributed by atoms with E-state index in [9.17, 15) is 14.0 Å². The lowest BCUT2D eigenvalue weighted by Crippen LogP contribution is -2.25. The van der Waals surface area contributed by atoms with Crippen LogP contribution in [0.25, 0.3) is 5.52 Å². The van der Waals surface area contributed by atoms with E-state index in [0.717, 1.165) is 10.7 Å². The van der Waals surface area contributed by atoms with Crippen LogP contribution in [0, 0.1) is 9.39 Å². The molecule has 0 atom stereocenters. The van der Waals surface area contributed by atoms with Crippen molar-refractivity contribution in [3.05, 3.63) is 36.4 Å². The number of nitrogens with one attached hydrogen (secondary N) is 2. The smallest absolute Gasteiger partial charge is 0.271 e. The first kappa shape index (κ1) is 8.48. The topological polar surface area (TPSA) is 70.1 Å². The molecule has 68 valence electrons. The predicted octanol–water partition coefficient (Wildman–Crippen LogP) is 0.0596. The summed E-state index contributed by atoms with van der Waals surface area (Å²) < 4.78 is 14.2. The molecule has 0 aliphatic carbocycles. The highest BCUT2D eigenvalue weighted by molar-refractivity contribution is 14.1. The summed E-state index contributed by atoms with van der Waals surface area (Å²) >= 11 is 1.70. The van der Waals surface area contributed by atoms with E-state index in [-0.39, 0.29) is 9.09 Å². The van der Waals surface area contributed by atoms with E-state index in [1.54, 1.807) is 22.6 Å². The Morgan fingerprint density at radius 1 is 1.46 bits per heavy atom. The van der Waals surface area contributed by atoms with Crippen LogP contribution in [0.2, 0.25) is 0 Å². The van der Waals surface area contributed by atoms with Crippen LogP contribution in [-0.2, 0) is 0 Å². The Kier molecular flexibility index (Phi) is 1.75. The highest BCUT2D eigenvalue weighted by Crippen LogP contribution is 2.14. The second kappa shape index (κ2) is 2.69. The van der Waals surface area contributed by atoms with Gasteiger partial charge >= 0.3 is 5.69 Å². The van der Waals surface area contributed by atoms with E-state index >= 15 is 0 Å². The Hall–Kier alpha value is -1.12. The number of nitrogens with zero attached hydrogens (tertiary/aromatic N) is 1. The molecule has 2 N–H and O–H groups in total. The average molecular weight is 295 g/mol. The number of aromatic nitrogens is 3. The first-order valence-corrected chi connectivity index (χ1v) is 4.36. The second-order valence-corrected chi connectivity index (χ2v) is 3.48. The summed E-state index contributed by atoms with van der Waals surface area (Å²) in [6.45, 7) is 0. The summed E-state index contributed by atoms with van der Waals surface area (Å²) in [7, 11) is 0. The standard InChI is InChI=1S/C6H3FIN3O2/c7-2-1-11-4(3(2)8)5(12)9-6(13)10-11/h1H,(H2,9,10,12,13). The predicted molar refractivity (Wildman–Crippen MR) is 51.3 cm³/mol. The minimum absolute atomic E-state index is 0.109. The minimum atomic E-state index is -0.663. The fraction of sp³-hybridized carbons (Fsp3) is 0. The van der Waals surface area contributed by atoms with Crippen molar-refractivity contribution in [1.82, 2.24) is 14.6 Å². The van der Waals surface area contributed by atoms with Gasteiger partial charge in [0.15, 0.2) is 5.82 Å². The van der Waals surface area contributed by atoms with Gasteiger partial charge in [-0.3, -0.25) is 9.78 Å². The molecule has 0 saturated heterocycles. The fourth-order valence-corrected chi connectivity index (χ4v) is 1.69. The molecule has 2 aromatic heterocycles. The van der Waals surface area contributed by atoms with Crippen molar-refractivity contribution in [3.63, 3.8) is 0 Å². The average Bonchev–Trinajstić information content (AvgIpc) is 2.27. The molecule has 2 aromatic rings. The summed E-state index contributed by atoms with van der Waals surface area (Å²) in [4.78, 5) is 23.9. The van der Waals surface area contributed by atoms with E-state index in [0.29, 0.717) is 0 Å². The summed E-state index contributed by atoms with van der Waals surface area (Å²) in [5.74, 6) is -0.534. The van der Waals surface area contributed by atoms with Gasteiger partial charge in [0.1, 0.15) is 5.52 Å². The molecule has 2 heterocycles. The van der Waals surface area contributed by atoms with Gasteiger partial charge in [0, 0.05) is 0 Å². The Morgan fingerprint density at radius 3 is 2.85 bits per heavy atom. The van der Waals surface area contributed by atoms with Crippen molar-refractivity contribution in [1.29, 1.82) is 0 Å². The van der Waals surface area contributed by atoms with Crippen molar-refractivity contribution >= 4 is 28.1 Å². The maximum absolute atomic E-state index is 12.9. The number of hydrogen-bond acceptors (Lipinski definition) is 2. The number of halogens is 2. The maximum atomic E-state index is 12.9. The van der Waals surface area contributed by atoms with E-state index in [1.807, 2.05) is 4.98 Å². The van der Waals surface area contributed by atoms with Crippen LogP contribution in [-0.4, -0.2) is 14.6 Å². The Labute approximate surface area is 83.7 Å². The first-order chi connectivity index (χ1) is 6.09. The van der Waals surface area contributed by atoms with Gasteiger partial charge in [0.05, 0.1) is 9.77 Å². The molecule has 0 aliphatic heterocycles. The van der Waals surface area contributed by atoms with Crippen LogP contribution in [0.15, 0.2) is 15.8 Å². The molecular formula is C6H3FIN3O2. The lowest BCUT2D eigenvalue weighted by Gasteiger charge is -1.90. The number of aromatic amines is 2. The molecule has 7 heteroatoms. The van der Waals surface area contributed by atoms with E-state index in [1.165, 1.54) is 0 Å². The largest absolute Gasteiger partial charge is 0.340 e. The Balaban J connectivity index is 3.12. The quantitative estimate of drug-likeness (QED) is 0.675. The molecule has 0 saturated carbocycles. The SMILES string of the molecule is O=c1[nH]c(=O)c2c(I)c(F)cn2[nH]1. The lowest BCUT2D eigenvalue weighted by atomic mass is 10.5. The van der Waals surface area contributed by atoms with Crippen molar-refractivity contribution in [3.8, 4) is 0 Å². The Morgan fingerprint density at radius 2 is 2.15 bits per heavy atom. The molecule has 2 rings (SSSR count). The molecule has 0 aliphatic rings. The Bertz CT molecular complexity index is 582. The number of fused-ring (bicyclic) bond motifs is 1. The molecule has 0 bridgehead atoms. The van der Waals surface area contributed by atoms with Gasteiger partial charge in [-0.25, -0.2) is 18.8 Å². The lowest BCUT2D eigenvalue weighted by molar-refractivity contribution is 0.619. The van der Waals surface area contributed by atoms with Gasteiger partial charge in [-0.1, -0.05) is 0 Å². The van der Waals surface area contributed by atoms with E-state index < -0.39 is 17.1 Å². The molecule has 0 aromatic carbocycles. The number of hydrogen-bond donors (Lipinski definition) is 2. The van der Waals surface area contributed by atoms with Crippen LogP contribution < -0.4 is 11.2 Å². The van der Waals surface area contributed by atoms with Crippen LogP contribution in [0.1, 0.15) is 0 Å². The van der Waals surface area contributed by atoms with Gasteiger partial charge in [0.25, 0.3) is 5.56 Å². The van der Waals surface area contributed by atoms with Gasteiger partial charge in [-0.15, -0.1) is 0 Å². The first-order valence-electron chi connectivity index (χ1n) is 3.28.